The van der Waals surface area contributed by atoms with Crippen molar-refractivity contribution in [2.45, 2.75) is 39.2 Å². The van der Waals surface area contributed by atoms with Crippen molar-refractivity contribution in [3.8, 4) is 0 Å². The van der Waals surface area contributed by atoms with Gasteiger partial charge in [-0.25, -0.2) is 0 Å². The summed E-state index contributed by atoms with van der Waals surface area (Å²) in [5.74, 6) is 2.06. The largest absolute Gasteiger partial charge is 0.357 e. The van der Waals surface area contributed by atoms with Gasteiger partial charge in [-0.1, -0.05) is 37.1 Å². The van der Waals surface area contributed by atoms with E-state index in [0.717, 1.165) is 44.5 Å². The zero-order chi connectivity index (χ0) is 13.8. The van der Waals surface area contributed by atoms with E-state index < -0.39 is 0 Å². The summed E-state index contributed by atoms with van der Waals surface area (Å²) in [6.07, 6.45) is 5.23. The van der Waals surface area contributed by atoms with Gasteiger partial charge in [0.25, 0.3) is 0 Å². The molecule has 4 heteroatoms. The molecule has 0 atom stereocenters. The third-order valence-corrected chi connectivity index (χ3v) is 4.26. The van der Waals surface area contributed by atoms with Crippen LogP contribution in [0.3, 0.4) is 0 Å². The number of nitrogens with zero attached hydrogens (tertiary/aromatic N) is 2. The molecule has 0 amide bonds. The Hall–Kier alpha value is -0.780. The molecule has 1 aliphatic carbocycles. The average Bonchev–Trinajstić information content (AvgIpc) is 3.30. The fourth-order valence-electron chi connectivity index (χ4n) is 2.86. The van der Waals surface area contributed by atoms with E-state index in [4.69, 9.17) is 4.99 Å². The van der Waals surface area contributed by atoms with Gasteiger partial charge in [0.1, 0.15) is 0 Å². The summed E-state index contributed by atoms with van der Waals surface area (Å²) in [5.41, 5.74) is 2.95. The SMILES string of the molecule is CCNC(=NCCC1CC1)N1CCc2ccccc2C1.I. The highest BCUT2D eigenvalue weighted by molar-refractivity contribution is 14.0. The fourth-order valence-corrected chi connectivity index (χ4v) is 2.86. The minimum Gasteiger partial charge on any atom is -0.357 e. The first-order valence-corrected chi connectivity index (χ1v) is 7.97. The molecule has 3 nitrogen and oxygen atoms in total. The van der Waals surface area contributed by atoms with E-state index in [1.165, 1.54) is 30.4 Å². The summed E-state index contributed by atoms with van der Waals surface area (Å²) in [5, 5.41) is 3.45. The fraction of sp³-hybridized carbons (Fsp3) is 0.588. The molecular weight excluding hydrogens is 373 g/mol. The highest BCUT2D eigenvalue weighted by Gasteiger charge is 2.21. The van der Waals surface area contributed by atoms with Crippen LogP contribution in [0, 0.1) is 5.92 Å². The molecule has 1 fully saturated rings. The first-order chi connectivity index (χ1) is 9.86. The highest BCUT2D eigenvalue weighted by Crippen LogP contribution is 2.32. The topological polar surface area (TPSA) is 27.6 Å². The van der Waals surface area contributed by atoms with Crippen LogP contribution in [-0.4, -0.2) is 30.5 Å². The van der Waals surface area contributed by atoms with Gasteiger partial charge in [0.15, 0.2) is 5.96 Å². The van der Waals surface area contributed by atoms with Crippen molar-refractivity contribution in [3.63, 3.8) is 0 Å². The van der Waals surface area contributed by atoms with Crippen molar-refractivity contribution in [3.05, 3.63) is 35.4 Å². The molecule has 116 valence electrons. The lowest BCUT2D eigenvalue weighted by molar-refractivity contribution is 0.378. The third kappa shape index (κ3) is 4.59. The predicted molar refractivity (Wildman–Crippen MR) is 99.3 cm³/mol. The molecule has 1 saturated carbocycles. The Balaban J connectivity index is 0.00000161. The van der Waals surface area contributed by atoms with Crippen LogP contribution in [0.15, 0.2) is 29.3 Å². The number of rotatable bonds is 4. The first kappa shape index (κ1) is 16.6. The molecule has 1 aliphatic heterocycles. The molecule has 21 heavy (non-hydrogen) atoms. The van der Waals surface area contributed by atoms with Gasteiger partial charge >= 0.3 is 0 Å². The third-order valence-electron chi connectivity index (χ3n) is 4.26. The number of aliphatic imine (C=N–C) groups is 1. The normalized spacial score (nSPS) is 18.0. The maximum absolute atomic E-state index is 4.82. The standard InChI is InChI=1S/C17H25N3.HI/c1-2-18-17(19-11-9-14-7-8-14)20-12-10-15-5-3-4-6-16(15)13-20;/h3-6,14H,2,7-13H2,1H3,(H,18,19);1H. The lowest BCUT2D eigenvalue weighted by Crippen LogP contribution is -2.44. The Bertz CT molecular complexity index is 483. The number of halogens is 1. The molecule has 0 bridgehead atoms. The number of hydrogen-bond donors (Lipinski definition) is 1. The van der Waals surface area contributed by atoms with Crippen LogP contribution < -0.4 is 5.32 Å². The van der Waals surface area contributed by atoms with E-state index in [-0.39, 0.29) is 24.0 Å². The molecule has 3 rings (SSSR count). The van der Waals surface area contributed by atoms with Crippen LogP contribution in [0.2, 0.25) is 0 Å². The molecule has 1 aromatic rings. The second kappa shape index (κ2) is 8.01. The smallest absolute Gasteiger partial charge is 0.194 e. The molecule has 0 radical (unpaired) electrons. The Morgan fingerprint density at radius 1 is 1.29 bits per heavy atom. The van der Waals surface area contributed by atoms with Gasteiger partial charge in [-0.15, -0.1) is 24.0 Å². The van der Waals surface area contributed by atoms with Crippen molar-refractivity contribution in [1.82, 2.24) is 10.2 Å². The summed E-state index contributed by atoms with van der Waals surface area (Å²) >= 11 is 0. The minimum absolute atomic E-state index is 0. The Morgan fingerprint density at radius 3 is 2.76 bits per heavy atom. The number of hydrogen-bond acceptors (Lipinski definition) is 1. The Morgan fingerprint density at radius 2 is 2.05 bits per heavy atom. The van der Waals surface area contributed by atoms with Crippen molar-refractivity contribution in [2.75, 3.05) is 19.6 Å². The van der Waals surface area contributed by atoms with Crippen molar-refractivity contribution in [2.24, 2.45) is 10.9 Å². The van der Waals surface area contributed by atoms with Gasteiger partial charge in [-0.3, -0.25) is 4.99 Å². The average molecular weight is 399 g/mol. The van der Waals surface area contributed by atoms with Gasteiger partial charge in [0.2, 0.25) is 0 Å². The van der Waals surface area contributed by atoms with Crippen LogP contribution in [0.4, 0.5) is 0 Å². The summed E-state index contributed by atoms with van der Waals surface area (Å²) in [4.78, 5) is 7.22. The zero-order valence-corrected chi connectivity index (χ0v) is 15.2. The summed E-state index contributed by atoms with van der Waals surface area (Å²) < 4.78 is 0. The van der Waals surface area contributed by atoms with Crippen LogP contribution in [0.1, 0.15) is 37.3 Å². The van der Waals surface area contributed by atoms with E-state index in [9.17, 15) is 0 Å². The maximum Gasteiger partial charge on any atom is 0.194 e. The number of fused-ring (bicyclic) bond motifs is 1. The second-order valence-corrected chi connectivity index (χ2v) is 5.91. The summed E-state index contributed by atoms with van der Waals surface area (Å²) in [6, 6.07) is 8.78. The van der Waals surface area contributed by atoms with Gasteiger partial charge < -0.3 is 10.2 Å². The Kier molecular flexibility index (Phi) is 6.33. The Labute approximate surface area is 145 Å². The predicted octanol–water partition coefficient (Wildman–Crippen LogP) is 3.43. The van der Waals surface area contributed by atoms with Crippen molar-refractivity contribution in [1.29, 1.82) is 0 Å². The molecular formula is C17H26IN3. The minimum atomic E-state index is 0. The second-order valence-electron chi connectivity index (χ2n) is 5.91. The summed E-state index contributed by atoms with van der Waals surface area (Å²) in [7, 11) is 0. The summed E-state index contributed by atoms with van der Waals surface area (Å²) in [6.45, 7) is 6.14. The molecule has 0 aromatic heterocycles. The van der Waals surface area contributed by atoms with Crippen LogP contribution in [-0.2, 0) is 13.0 Å². The number of guanidine groups is 1. The maximum atomic E-state index is 4.82. The molecule has 0 saturated heterocycles. The van der Waals surface area contributed by atoms with E-state index in [1.807, 2.05) is 0 Å². The lowest BCUT2D eigenvalue weighted by atomic mass is 10.0. The van der Waals surface area contributed by atoms with E-state index >= 15 is 0 Å². The van der Waals surface area contributed by atoms with E-state index in [2.05, 4.69) is 41.4 Å². The monoisotopic (exact) mass is 399 g/mol. The van der Waals surface area contributed by atoms with Crippen LogP contribution in [0.5, 0.6) is 0 Å². The van der Waals surface area contributed by atoms with Gasteiger partial charge in [-0.2, -0.15) is 0 Å². The quantitative estimate of drug-likeness (QED) is 0.477. The number of benzene rings is 1. The van der Waals surface area contributed by atoms with Gasteiger partial charge in [0, 0.05) is 26.2 Å². The molecule has 1 aromatic carbocycles. The first-order valence-electron chi connectivity index (χ1n) is 7.97. The molecule has 1 heterocycles. The lowest BCUT2D eigenvalue weighted by Gasteiger charge is -2.31. The number of nitrogens with one attached hydrogen (secondary N) is 1. The zero-order valence-electron chi connectivity index (χ0n) is 12.8. The van der Waals surface area contributed by atoms with Crippen LogP contribution >= 0.6 is 24.0 Å². The van der Waals surface area contributed by atoms with Crippen molar-refractivity contribution >= 4 is 29.9 Å². The van der Waals surface area contributed by atoms with Crippen molar-refractivity contribution < 1.29 is 0 Å². The molecule has 1 N–H and O–H groups in total. The van der Waals surface area contributed by atoms with Gasteiger partial charge in [-0.05, 0) is 36.8 Å². The highest BCUT2D eigenvalue weighted by atomic mass is 127. The van der Waals surface area contributed by atoms with Crippen LogP contribution in [0.25, 0.3) is 0 Å². The molecule has 2 aliphatic rings. The van der Waals surface area contributed by atoms with E-state index in [1.54, 1.807) is 0 Å². The molecule has 0 spiro atoms. The van der Waals surface area contributed by atoms with E-state index in [0.29, 0.717) is 0 Å². The van der Waals surface area contributed by atoms with Gasteiger partial charge in [0.05, 0.1) is 0 Å². The molecule has 0 unspecified atom stereocenters.